The van der Waals surface area contributed by atoms with Crippen molar-refractivity contribution in [1.82, 2.24) is 0 Å². The van der Waals surface area contributed by atoms with Crippen LogP contribution in [-0.2, 0) is 0 Å². The van der Waals surface area contributed by atoms with Crippen molar-refractivity contribution >= 4 is 0 Å². The Morgan fingerprint density at radius 1 is 0.786 bits per heavy atom. The van der Waals surface area contributed by atoms with E-state index in [1.165, 1.54) is 0 Å². The summed E-state index contributed by atoms with van der Waals surface area (Å²) in [5.74, 6) is -0.0974. The van der Waals surface area contributed by atoms with Gasteiger partial charge < -0.3 is 10.2 Å². The molecule has 2 heteroatoms. The third-order valence-corrected chi connectivity index (χ3v) is 6.72. The maximum atomic E-state index is 12.1. The lowest BCUT2D eigenvalue weighted by molar-refractivity contribution is -0.122. The SMILES string of the molecule is CCCCC1C=CC(C)=CC1(O)C(CCC)C1(O)C=C(C)C=CC1CCCC. The third kappa shape index (κ3) is 4.89. The molecule has 0 aromatic rings. The van der Waals surface area contributed by atoms with E-state index in [-0.39, 0.29) is 17.8 Å². The lowest BCUT2D eigenvalue weighted by Crippen LogP contribution is -2.57. The summed E-state index contributed by atoms with van der Waals surface area (Å²) in [7, 11) is 0. The van der Waals surface area contributed by atoms with Gasteiger partial charge in [-0.3, -0.25) is 0 Å². The highest BCUT2D eigenvalue weighted by atomic mass is 16.3. The van der Waals surface area contributed by atoms with Gasteiger partial charge in [-0.05, 0) is 45.3 Å². The Labute approximate surface area is 173 Å². The lowest BCUT2D eigenvalue weighted by atomic mass is 9.59. The zero-order valence-electron chi connectivity index (χ0n) is 18.7. The van der Waals surface area contributed by atoms with Gasteiger partial charge in [0.2, 0.25) is 0 Å². The fourth-order valence-electron chi connectivity index (χ4n) is 5.23. The van der Waals surface area contributed by atoms with Crippen LogP contribution in [0.25, 0.3) is 0 Å². The Hall–Kier alpha value is -1.12. The van der Waals surface area contributed by atoms with Gasteiger partial charge in [0.25, 0.3) is 0 Å². The molecule has 0 bridgehead atoms. The van der Waals surface area contributed by atoms with E-state index in [1.807, 2.05) is 12.2 Å². The molecule has 2 rings (SSSR count). The van der Waals surface area contributed by atoms with E-state index in [1.54, 1.807) is 0 Å². The van der Waals surface area contributed by atoms with Crippen molar-refractivity contribution in [2.24, 2.45) is 17.8 Å². The van der Waals surface area contributed by atoms with Crippen LogP contribution >= 0.6 is 0 Å². The quantitative estimate of drug-likeness (QED) is 0.449. The highest BCUT2D eigenvalue weighted by molar-refractivity contribution is 5.36. The summed E-state index contributed by atoms with van der Waals surface area (Å²) in [5.41, 5.74) is 0.172. The normalized spacial score (nSPS) is 33.5. The van der Waals surface area contributed by atoms with Crippen LogP contribution in [0.15, 0.2) is 47.6 Å². The van der Waals surface area contributed by atoms with Crippen molar-refractivity contribution < 1.29 is 10.2 Å². The molecule has 0 aliphatic heterocycles. The van der Waals surface area contributed by atoms with Crippen molar-refractivity contribution in [3.8, 4) is 0 Å². The van der Waals surface area contributed by atoms with Gasteiger partial charge in [0, 0.05) is 17.8 Å². The second kappa shape index (κ2) is 10.1. The molecule has 4 unspecified atom stereocenters. The summed E-state index contributed by atoms with van der Waals surface area (Å²) in [6.45, 7) is 10.7. The smallest absolute Gasteiger partial charge is 0.0954 e. The average Bonchev–Trinajstić information content (AvgIpc) is 2.64. The highest BCUT2D eigenvalue weighted by Crippen LogP contribution is 2.49. The molecule has 0 fully saturated rings. The van der Waals surface area contributed by atoms with Crippen LogP contribution in [0.5, 0.6) is 0 Å². The Morgan fingerprint density at radius 2 is 1.21 bits per heavy atom. The van der Waals surface area contributed by atoms with Crippen LogP contribution in [0.4, 0.5) is 0 Å². The van der Waals surface area contributed by atoms with Crippen LogP contribution in [0, 0.1) is 17.8 Å². The van der Waals surface area contributed by atoms with Gasteiger partial charge >= 0.3 is 0 Å². The van der Waals surface area contributed by atoms with E-state index >= 15 is 0 Å². The van der Waals surface area contributed by atoms with Crippen molar-refractivity contribution in [1.29, 1.82) is 0 Å². The molecule has 158 valence electrons. The molecule has 4 atom stereocenters. The summed E-state index contributed by atoms with van der Waals surface area (Å²) in [4.78, 5) is 0. The molecule has 28 heavy (non-hydrogen) atoms. The third-order valence-electron chi connectivity index (χ3n) is 6.72. The molecule has 0 radical (unpaired) electrons. The van der Waals surface area contributed by atoms with Crippen LogP contribution in [-0.4, -0.2) is 21.4 Å². The molecular weight excluding hydrogens is 344 g/mol. The molecule has 0 spiro atoms. The second-order valence-electron chi connectivity index (χ2n) is 9.11. The number of rotatable bonds is 10. The zero-order chi connectivity index (χ0) is 20.8. The van der Waals surface area contributed by atoms with E-state index in [2.05, 4.69) is 58.9 Å². The van der Waals surface area contributed by atoms with E-state index in [9.17, 15) is 10.2 Å². The standard InChI is InChI=1S/C26H42O2/c1-6-9-12-22-16-14-20(4)18-25(22,27)24(11-8-3)26(28)19-21(5)15-17-23(26)13-10-7-2/h14-19,22-24,27-28H,6-13H2,1-5H3. The molecule has 2 N–H and O–H groups in total. The number of aliphatic hydroxyl groups is 2. The fraction of sp³-hybridized carbons (Fsp3) is 0.692. The maximum Gasteiger partial charge on any atom is 0.0954 e. The van der Waals surface area contributed by atoms with Crippen LogP contribution in [0.1, 0.15) is 86.0 Å². The molecule has 2 nitrogen and oxygen atoms in total. The van der Waals surface area contributed by atoms with Gasteiger partial charge in [0.05, 0.1) is 11.2 Å². The van der Waals surface area contributed by atoms with E-state index in [0.717, 1.165) is 62.5 Å². The minimum atomic E-state index is -1.01. The molecule has 0 aromatic heterocycles. The van der Waals surface area contributed by atoms with Gasteiger partial charge in [-0.2, -0.15) is 0 Å². The number of hydrogen-bond donors (Lipinski definition) is 2. The molecule has 0 saturated heterocycles. The van der Waals surface area contributed by atoms with Crippen molar-refractivity contribution in [2.45, 2.75) is 97.2 Å². The largest absolute Gasteiger partial charge is 0.385 e. The molecule has 0 amide bonds. The van der Waals surface area contributed by atoms with E-state index < -0.39 is 11.2 Å². The van der Waals surface area contributed by atoms with Gasteiger partial charge in [-0.15, -0.1) is 0 Å². The number of hydrogen-bond acceptors (Lipinski definition) is 2. The first-order valence-corrected chi connectivity index (χ1v) is 11.5. The number of allylic oxidation sites excluding steroid dienone is 4. The molecule has 0 heterocycles. The van der Waals surface area contributed by atoms with Crippen molar-refractivity contribution in [3.63, 3.8) is 0 Å². The van der Waals surface area contributed by atoms with Gasteiger partial charge in [0.15, 0.2) is 0 Å². The minimum absolute atomic E-state index is 0.0585. The van der Waals surface area contributed by atoms with Crippen LogP contribution < -0.4 is 0 Å². The first kappa shape index (κ1) is 23.2. The van der Waals surface area contributed by atoms with Gasteiger partial charge in [-0.1, -0.05) is 88.3 Å². The molecule has 2 aliphatic carbocycles. The van der Waals surface area contributed by atoms with E-state index in [4.69, 9.17) is 0 Å². The fourth-order valence-corrected chi connectivity index (χ4v) is 5.23. The summed E-state index contributed by atoms with van der Waals surface area (Å²) >= 11 is 0. The second-order valence-corrected chi connectivity index (χ2v) is 9.11. The van der Waals surface area contributed by atoms with Gasteiger partial charge in [-0.25, -0.2) is 0 Å². The summed E-state index contributed by atoms with van der Waals surface area (Å²) < 4.78 is 0. The predicted molar refractivity (Wildman–Crippen MR) is 120 cm³/mol. The summed E-state index contributed by atoms with van der Waals surface area (Å²) in [5, 5.41) is 24.2. The molecule has 0 aromatic carbocycles. The van der Waals surface area contributed by atoms with Gasteiger partial charge in [0.1, 0.15) is 0 Å². The predicted octanol–water partition coefficient (Wildman–Crippen LogP) is 6.51. The van der Waals surface area contributed by atoms with E-state index in [0.29, 0.717) is 0 Å². The van der Waals surface area contributed by atoms with Crippen LogP contribution in [0.2, 0.25) is 0 Å². The topological polar surface area (TPSA) is 40.5 Å². The zero-order valence-corrected chi connectivity index (χ0v) is 18.7. The minimum Gasteiger partial charge on any atom is -0.385 e. The summed E-state index contributed by atoms with van der Waals surface area (Å²) in [6.07, 6.45) is 20.8. The monoisotopic (exact) mass is 386 g/mol. The van der Waals surface area contributed by atoms with Crippen molar-refractivity contribution in [3.05, 3.63) is 47.6 Å². The maximum absolute atomic E-state index is 12.1. The van der Waals surface area contributed by atoms with Crippen molar-refractivity contribution in [2.75, 3.05) is 0 Å². The average molecular weight is 387 g/mol. The highest BCUT2D eigenvalue weighted by Gasteiger charge is 2.53. The first-order chi connectivity index (χ1) is 13.3. The lowest BCUT2D eigenvalue weighted by Gasteiger charge is -2.51. The molecule has 0 saturated carbocycles. The first-order valence-electron chi connectivity index (χ1n) is 11.5. The Kier molecular flexibility index (Phi) is 8.33. The molecular formula is C26H42O2. The van der Waals surface area contributed by atoms with Crippen LogP contribution in [0.3, 0.4) is 0 Å². The Bertz CT molecular complexity index is 574. The number of unbranched alkanes of at least 4 members (excludes halogenated alkanes) is 2. The summed E-state index contributed by atoms with van der Waals surface area (Å²) in [6, 6.07) is 0. The molecule has 2 aliphatic rings. The Balaban J connectivity index is 2.50. The Morgan fingerprint density at radius 3 is 1.57 bits per heavy atom.